The first kappa shape index (κ1) is 25.3. The third-order valence-electron chi connectivity index (χ3n) is 5.48. The van der Waals surface area contributed by atoms with Crippen molar-refractivity contribution in [1.82, 2.24) is 24.7 Å². The van der Waals surface area contributed by atoms with Gasteiger partial charge in [-0.15, -0.1) is 0 Å². The molecule has 0 bridgehead atoms. The standard InChI is InChI=1S/C27H18F3N7O2/c28-27(29,30)22-14-21(19-7-4-11-31-15-19)36-37(22)20-9-10-24(33-16-20)35-26(39)18-6-3-5-17(13-18)25(38)34-23-8-1-2-12-32-23/h1-16H,(H,32,34,38)(H,33,35,39). The molecular formula is C27H18F3N7O2. The number of anilines is 2. The number of alkyl halides is 3. The van der Waals surface area contributed by atoms with Crippen molar-refractivity contribution in [3.63, 3.8) is 0 Å². The van der Waals surface area contributed by atoms with Crippen molar-refractivity contribution in [2.45, 2.75) is 6.18 Å². The zero-order valence-electron chi connectivity index (χ0n) is 19.9. The highest BCUT2D eigenvalue weighted by Crippen LogP contribution is 2.34. The maximum absolute atomic E-state index is 13.7. The Labute approximate surface area is 219 Å². The lowest BCUT2D eigenvalue weighted by molar-refractivity contribution is -0.142. The lowest BCUT2D eigenvalue weighted by Gasteiger charge is -2.11. The molecule has 0 aliphatic carbocycles. The van der Waals surface area contributed by atoms with Crippen molar-refractivity contribution in [1.29, 1.82) is 0 Å². The minimum absolute atomic E-state index is 0.0451. The van der Waals surface area contributed by atoms with Crippen molar-refractivity contribution in [3.8, 4) is 16.9 Å². The number of rotatable bonds is 6. The predicted molar refractivity (Wildman–Crippen MR) is 136 cm³/mol. The monoisotopic (exact) mass is 529 g/mol. The van der Waals surface area contributed by atoms with Gasteiger partial charge in [0.05, 0.1) is 17.6 Å². The van der Waals surface area contributed by atoms with Crippen molar-refractivity contribution < 1.29 is 22.8 Å². The van der Waals surface area contributed by atoms with E-state index in [1.807, 2.05) is 0 Å². The van der Waals surface area contributed by atoms with E-state index in [4.69, 9.17) is 0 Å². The van der Waals surface area contributed by atoms with E-state index in [9.17, 15) is 22.8 Å². The van der Waals surface area contributed by atoms with Gasteiger partial charge in [0, 0.05) is 35.3 Å². The Morgan fingerprint density at radius 3 is 2.08 bits per heavy atom. The summed E-state index contributed by atoms with van der Waals surface area (Å²) in [6.07, 6.45) is 0.958. The molecule has 39 heavy (non-hydrogen) atoms. The van der Waals surface area contributed by atoms with Crippen LogP contribution in [0.25, 0.3) is 16.9 Å². The molecule has 0 fully saturated rings. The van der Waals surface area contributed by atoms with Gasteiger partial charge in [0.25, 0.3) is 11.8 Å². The van der Waals surface area contributed by atoms with Crippen LogP contribution in [0, 0.1) is 0 Å². The summed E-state index contributed by atoms with van der Waals surface area (Å²) >= 11 is 0. The van der Waals surface area contributed by atoms with Crippen LogP contribution >= 0.6 is 0 Å². The van der Waals surface area contributed by atoms with E-state index in [1.165, 1.54) is 49.1 Å². The van der Waals surface area contributed by atoms with Crippen LogP contribution in [0.1, 0.15) is 26.4 Å². The number of pyridine rings is 3. The zero-order valence-corrected chi connectivity index (χ0v) is 19.9. The van der Waals surface area contributed by atoms with E-state index >= 15 is 0 Å². The van der Waals surface area contributed by atoms with Gasteiger partial charge in [-0.05, 0) is 60.7 Å². The van der Waals surface area contributed by atoms with Crippen LogP contribution in [-0.2, 0) is 6.18 Å². The molecule has 194 valence electrons. The number of amides is 2. The highest BCUT2D eigenvalue weighted by atomic mass is 19.4. The first-order chi connectivity index (χ1) is 18.8. The largest absolute Gasteiger partial charge is 0.433 e. The third-order valence-corrected chi connectivity index (χ3v) is 5.48. The number of aromatic nitrogens is 5. The summed E-state index contributed by atoms with van der Waals surface area (Å²) in [4.78, 5) is 37.3. The molecule has 0 saturated heterocycles. The number of nitrogens with zero attached hydrogens (tertiary/aromatic N) is 5. The van der Waals surface area contributed by atoms with Crippen LogP contribution in [-0.4, -0.2) is 36.5 Å². The maximum Gasteiger partial charge on any atom is 0.433 e. The Bertz CT molecular complexity index is 1620. The average Bonchev–Trinajstić information content (AvgIpc) is 3.41. The number of halogens is 3. The highest BCUT2D eigenvalue weighted by molar-refractivity contribution is 6.08. The molecule has 4 heterocycles. The minimum atomic E-state index is -4.67. The summed E-state index contributed by atoms with van der Waals surface area (Å²) in [5.41, 5.74) is 0.000165. The SMILES string of the molecule is O=C(Nc1ccccn1)c1cccc(C(=O)Nc2ccc(-n3nc(-c4cccnc4)cc3C(F)(F)F)cn2)c1. The number of hydrogen-bond donors (Lipinski definition) is 2. The van der Waals surface area contributed by atoms with Gasteiger partial charge in [-0.2, -0.15) is 18.3 Å². The molecule has 0 spiro atoms. The summed E-state index contributed by atoms with van der Waals surface area (Å²) in [6, 6.07) is 17.9. The predicted octanol–water partition coefficient (Wildman–Crippen LogP) is 5.25. The molecule has 0 unspecified atom stereocenters. The summed E-state index contributed by atoms with van der Waals surface area (Å²) < 4.78 is 41.9. The van der Waals surface area contributed by atoms with Crippen LogP contribution in [0.4, 0.5) is 24.8 Å². The van der Waals surface area contributed by atoms with Gasteiger partial charge in [-0.25, -0.2) is 14.6 Å². The Balaban J connectivity index is 1.33. The van der Waals surface area contributed by atoms with Crippen molar-refractivity contribution in [2.24, 2.45) is 0 Å². The van der Waals surface area contributed by atoms with Crippen molar-refractivity contribution >= 4 is 23.5 Å². The van der Waals surface area contributed by atoms with Crippen LogP contribution in [0.15, 0.2) is 97.6 Å². The van der Waals surface area contributed by atoms with Crippen LogP contribution in [0.3, 0.4) is 0 Å². The average molecular weight is 529 g/mol. The summed E-state index contributed by atoms with van der Waals surface area (Å²) in [5.74, 6) is -0.548. The number of nitrogens with one attached hydrogen (secondary N) is 2. The van der Waals surface area contributed by atoms with Gasteiger partial charge in [-0.3, -0.25) is 14.6 Å². The first-order valence-electron chi connectivity index (χ1n) is 11.5. The minimum Gasteiger partial charge on any atom is -0.307 e. The Morgan fingerprint density at radius 1 is 0.744 bits per heavy atom. The molecule has 0 saturated carbocycles. The van der Waals surface area contributed by atoms with Gasteiger partial charge in [0.2, 0.25) is 0 Å². The Morgan fingerprint density at radius 2 is 1.49 bits per heavy atom. The van der Waals surface area contributed by atoms with E-state index in [2.05, 4.69) is 30.7 Å². The van der Waals surface area contributed by atoms with E-state index < -0.39 is 23.7 Å². The second-order valence-corrected chi connectivity index (χ2v) is 8.17. The quantitative estimate of drug-likeness (QED) is 0.311. The normalized spacial score (nSPS) is 11.2. The molecule has 5 rings (SSSR count). The highest BCUT2D eigenvalue weighted by Gasteiger charge is 2.36. The van der Waals surface area contributed by atoms with E-state index in [-0.39, 0.29) is 28.3 Å². The van der Waals surface area contributed by atoms with E-state index in [0.29, 0.717) is 11.4 Å². The fourth-order valence-electron chi connectivity index (χ4n) is 3.64. The fraction of sp³-hybridized carbons (Fsp3) is 0.0370. The third kappa shape index (κ3) is 5.80. The molecule has 0 aliphatic rings. The fourth-order valence-corrected chi connectivity index (χ4v) is 3.64. The van der Waals surface area contributed by atoms with Crippen LogP contribution in [0.2, 0.25) is 0 Å². The second kappa shape index (κ2) is 10.5. The van der Waals surface area contributed by atoms with Crippen LogP contribution < -0.4 is 10.6 Å². The van der Waals surface area contributed by atoms with Gasteiger partial charge >= 0.3 is 6.18 Å². The first-order valence-corrected chi connectivity index (χ1v) is 11.5. The number of benzene rings is 1. The summed E-state index contributed by atoms with van der Waals surface area (Å²) in [6.45, 7) is 0. The smallest absolute Gasteiger partial charge is 0.307 e. The second-order valence-electron chi connectivity index (χ2n) is 8.17. The topological polar surface area (TPSA) is 115 Å². The van der Waals surface area contributed by atoms with Crippen LogP contribution in [0.5, 0.6) is 0 Å². The molecule has 0 radical (unpaired) electrons. The number of hydrogen-bond acceptors (Lipinski definition) is 6. The molecule has 1 aromatic carbocycles. The zero-order chi connectivity index (χ0) is 27.4. The molecular weight excluding hydrogens is 511 g/mol. The molecule has 2 N–H and O–H groups in total. The number of carbonyl (C=O) groups is 2. The van der Waals surface area contributed by atoms with Gasteiger partial charge in [-0.1, -0.05) is 12.1 Å². The lowest BCUT2D eigenvalue weighted by Crippen LogP contribution is -2.16. The van der Waals surface area contributed by atoms with Gasteiger partial charge in [0.15, 0.2) is 0 Å². The molecule has 0 aliphatic heterocycles. The lowest BCUT2D eigenvalue weighted by atomic mass is 10.1. The molecule has 12 heteroatoms. The van der Waals surface area contributed by atoms with Crippen molar-refractivity contribution in [3.05, 3.63) is 114 Å². The van der Waals surface area contributed by atoms with E-state index in [0.717, 1.165) is 10.7 Å². The number of carbonyl (C=O) groups excluding carboxylic acids is 2. The molecule has 4 aromatic heterocycles. The van der Waals surface area contributed by atoms with Crippen molar-refractivity contribution in [2.75, 3.05) is 10.6 Å². The summed E-state index contributed by atoms with van der Waals surface area (Å²) in [5, 5.41) is 9.31. The summed E-state index contributed by atoms with van der Waals surface area (Å²) in [7, 11) is 0. The maximum atomic E-state index is 13.7. The molecule has 5 aromatic rings. The van der Waals surface area contributed by atoms with E-state index in [1.54, 1.807) is 42.5 Å². The van der Waals surface area contributed by atoms with Gasteiger partial charge < -0.3 is 10.6 Å². The van der Waals surface area contributed by atoms with Gasteiger partial charge in [0.1, 0.15) is 17.3 Å². The molecule has 2 amide bonds. The molecule has 0 atom stereocenters. The molecule has 9 nitrogen and oxygen atoms in total. The Hall–Kier alpha value is -5.39. The Kier molecular flexibility index (Phi) is 6.83.